The van der Waals surface area contributed by atoms with E-state index in [4.69, 9.17) is 11.6 Å². The Morgan fingerprint density at radius 3 is 2.44 bits per heavy atom. The predicted molar refractivity (Wildman–Crippen MR) is 70.6 cm³/mol. The number of hydrogen-bond acceptors (Lipinski definition) is 3. The zero-order valence-corrected chi connectivity index (χ0v) is 11.1. The summed E-state index contributed by atoms with van der Waals surface area (Å²) in [5, 5.41) is 0.475. The Balaban J connectivity index is 2.30. The molecule has 0 bridgehead atoms. The number of pyridine rings is 1. The molecular weight excluding hydrogens is 272 g/mol. The summed E-state index contributed by atoms with van der Waals surface area (Å²) in [5.74, 6) is 0.171. The lowest BCUT2D eigenvalue weighted by Crippen LogP contribution is -1.98. The van der Waals surface area contributed by atoms with Crippen molar-refractivity contribution >= 4 is 27.4 Å². The molecule has 0 unspecified atom stereocenters. The summed E-state index contributed by atoms with van der Waals surface area (Å²) in [5.41, 5.74) is 0.898. The summed E-state index contributed by atoms with van der Waals surface area (Å²) in [6.07, 6.45) is 1.52. The van der Waals surface area contributed by atoms with Gasteiger partial charge in [0.2, 0.25) is 10.0 Å². The van der Waals surface area contributed by atoms with E-state index < -0.39 is 10.0 Å². The first kappa shape index (κ1) is 12.9. The van der Waals surface area contributed by atoms with Crippen molar-refractivity contribution in [3.05, 3.63) is 57.9 Å². The molecule has 6 heteroatoms. The maximum atomic E-state index is 12.0. The summed E-state index contributed by atoms with van der Waals surface area (Å²) in [6.45, 7) is 1.84. The van der Waals surface area contributed by atoms with Crippen molar-refractivity contribution in [2.75, 3.05) is 0 Å². The number of nitrogens with zero attached hydrogens (tertiary/aromatic N) is 2. The van der Waals surface area contributed by atoms with E-state index >= 15 is 0 Å². The molecule has 0 fully saturated rings. The van der Waals surface area contributed by atoms with Gasteiger partial charge in [-0.25, -0.2) is 8.42 Å². The van der Waals surface area contributed by atoms with Crippen molar-refractivity contribution in [1.29, 1.82) is 0 Å². The van der Waals surface area contributed by atoms with Crippen molar-refractivity contribution in [3.63, 3.8) is 0 Å². The molecule has 0 N–H and O–H groups in total. The molecule has 94 valence electrons. The van der Waals surface area contributed by atoms with Crippen LogP contribution >= 0.6 is 11.6 Å². The van der Waals surface area contributed by atoms with Crippen molar-refractivity contribution in [2.45, 2.75) is 11.8 Å². The number of hydrogen-bond donors (Lipinski definition) is 0. The number of rotatable bonds is 3. The average Bonchev–Trinajstić information content (AvgIpc) is 2.29. The largest absolute Gasteiger partial charge is 0.442 e. The Morgan fingerprint density at radius 1 is 1.17 bits per heavy atom. The molecule has 0 aliphatic heterocycles. The van der Waals surface area contributed by atoms with Gasteiger partial charge in [-0.05, 0) is 37.0 Å². The lowest BCUT2D eigenvalue weighted by atomic mass is 10.3. The smallest absolute Gasteiger partial charge is 0.202 e. The molecule has 0 amide bonds. The third-order valence-corrected chi connectivity index (χ3v) is 3.77. The van der Waals surface area contributed by atoms with E-state index in [0.717, 1.165) is 5.56 Å². The lowest BCUT2D eigenvalue weighted by Gasteiger charge is -2.15. The summed E-state index contributed by atoms with van der Waals surface area (Å²) in [6, 6.07) is 9.22. The first-order valence-corrected chi connectivity index (χ1v) is 6.95. The quantitative estimate of drug-likeness (QED) is 0.866. The first-order chi connectivity index (χ1) is 8.47. The van der Waals surface area contributed by atoms with Crippen LogP contribution in [0.1, 0.15) is 5.56 Å². The van der Waals surface area contributed by atoms with Crippen LogP contribution in [0.4, 0.5) is 5.82 Å². The molecule has 1 heterocycles. The van der Waals surface area contributed by atoms with Gasteiger partial charge >= 0.3 is 0 Å². The zero-order chi connectivity index (χ0) is 13.2. The molecule has 0 radical (unpaired) electrons. The third-order valence-electron chi connectivity index (χ3n) is 2.23. The molecular formula is C12H10ClN2O2S-. The monoisotopic (exact) mass is 281 g/mol. The standard InChI is InChI=1S/C12H10ClN2O2S/c1-9-6-7-14-12(8-9)15-18(16,17)11-4-2-10(13)3-5-11/h2-8H,1H3/q-1. The topological polar surface area (TPSA) is 61.1 Å². The SMILES string of the molecule is Cc1ccnc([N-]S(=O)(=O)c2ccc(Cl)cc2)c1. The minimum absolute atomic E-state index is 0.0928. The lowest BCUT2D eigenvalue weighted by molar-refractivity contribution is 0.603. The van der Waals surface area contributed by atoms with Crippen LogP contribution in [-0.2, 0) is 10.0 Å². The van der Waals surface area contributed by atoms with E-state index in [1.807, 2.05) is 6.92 Å². The first-order valence-electron chi connectivity index (χ1n) is 5.14. The van der Waals surface area contributed by atoms with Crippen LogP contribution in [0.2, 0.25) is 5.02 Å². The Bertz CT molecular complexity index is 654. The molecule has 0 aliphatic rings. The van der Waals surface area contributed by atoms with Crippen molar-refractivity contribution in [2.24, 2.45) is 0 Å². The molecule has 1 aromatic carbocycles. The number of benzene rings is 1. The van der Waals surface area contributed by atoms with Gasteiger partial charge in [-0.15, -0.1) is 0 Å². The summed E-state index contributed by atoms with van der Waals surface area (Å²) < 4.78 is 27.6. The summed E-state index contributed by atoms with van der Waals surface area (Å²) in [4.78, 5) is 3.99. The van der Waals surface area contributed by atoms with E-state index in [1.54, 1.807) is 12.1 Å². The summed E-state index contributed by atoms with van der Waals surface area (Å²) in [7, 11) is -3.74. The van der Waals surface area contributed by atoms with E-state index in [0.29, 0.717) is 5.02 Å². The van der Waals surface area contributed by atoms with Gasteiger partial charge in [-0.2, -0.15) is 0 Å². The summed E-state index contributed by atoms with van der Waals surface area (Å²) >= 11 is 5.70. The molecule has 2 aromatic rings. The number of aromatic nitrogens is 1. The fourth-order valence-electron chi connectivity index (χ4n) is 1.35. The van der Waals surface area contributed by atoms with Gasteiger partial charge < -0.3 is 9.71 Å². The molecule has 0 saturated heterocycles. The van der Waals surface area contributed by atoms with E-state index in [9.17, 15) is 8.42 Å². The molecule has 2 rings (SSSR count). The molecule has 1 aromatic heterocycles. The Kier molecular flexibility index (Phi) is 3.54. The van der Waals surface area contributed by atoms with E-state index in [2.05, 4.69) is 9.71 Å². The van der Waals surface area contributed by atoms with Crippen LogP contribution in [-0.4, -0.2) is 13.4 Å². The number of sulfonamides is 1. The van der Waals surface area contributed by atoms with Gasteiger partial charge in [-0.1, -0.05) is 35.5 Å². The van der Waals surface area contributed by atoms with Crippen LogP contribution in [0.25, 0.3) is 4.72 Å². The van der Waals surface area contributed by atoms with E-state index in [-0.39, 0.29) is 10.7 Å². The van der Waals surface area contributed by atoms with Crippen LogP contribution in [0.15, 0.2) is 47.5 Å². The second-order valence-electron chi connectivity index (χ2n) is 3.71. The number of halogens is 1. The zero-order valence-electron chi connectivity index (χ0n) is 9.54. The molecule has 4 nitrogen and oxygen atoms in total. The highest BCUT2D eigenvalue weighted by Gasteiger charge is 2.09. The highest BCUT2D eigenvalue weighted by molar-refractivity contribution is 7.94. The van der Waals surface area contributed by atoms with Crippen LogP contribution in [0.3, 0.4) is 0 Å². The van der Waals surface area contributed by atoms with Gasteiger partial charge in [0.1, 0.15) is 0 Å². The Morgan fingerprint density at radius 2 is 1.83 bits per heavy atom. The molecule has 0 saturated carbocycles. The van der Waals surface area contributed by atoms with Crippen molar-refractivity contribution < 1.29 is 8.42 Å². The molecule has 18 heavy (non-hydrogen) atoms. The molecule has 0 atom stereocenters. The van der Waals surface area contributed by atoms with Gasteiger partial charge in [0.15, 0.2) is 0 Å². The van der Waals surface area contributed by atoms with E-state index in [1.165, 1.54) is 30.5 Å². The molecule has 0 spiro atoms. The highest BCUT2D eigenvalue weighted by Crippen LogP contribution is 2.26. The second kappa shape index (κ2) is 4.96. The average molecular weight is 282 g/mol. The fourth-order valence-corrected chi connectivity index (χ4v) is 2.41. The maximum Gasteiger partial charge on any atom is 0.202 e. The van der Waals surface area contributed by atoms with Gasteiger partial charge in [0, 0.05) is 5.02 Å². The second-order valence-corrected chi connectivity index (χ2v) is 5.75. The normalized spacial score (nSPS) is 11.2. The third kappa shape index (κ3) is 3.00. The minimum Gasteiger partial charge on any atom is -0.442 e. The van der Waals surface area contributed by atoms with Gasteiger partial charge in [-0.3, -0.25) is 0 Å². The Labute approximate surface area is 111 Å². The predicted octanol–water partition coefficient (Wildman–Crippen LogP) is 3.44. The van der Waals surface area contributed by atoms with Crippen LogP contribution in [0, 0.1) is 6.92 Å². The highest BCUT2D eigenvalue weighted by atomic mass is 35.5. The fraction of sp³-hybridized carbons (Fsp3) is 0.0833. The Hall–Kier alpha value is -1.59. The van der Waals surface area contributed by atoms with Gasteiger partial charge in [0.25, 0.3) is 0 Å². The maximum absolute atomic E-state index is 12.0. The number of aryl methyl sites for hydroxylation is 1. The van der Waals surface area contributed by atoms with Crippen LogP contribution in [0.5, 0.6) is 0 Å². The van der Waals surface area contributed by atoms with Crippen molar-refractivity contribution in [1.82, 2.24) is 4.98 Å². The molecule has 0 aliphatic carbocycles. The van der Waals surface area contributed by atoms with Crippen LogP contribution < -0.4 is 0 Å². The minimum atomic E-state index is -3.74. The van der Waals surface area contributed by atoms with Crippen molar-refractivity contribution in [3.8, 4) is 0 Å². The van der Waals surface area contributed by atoms with Gasteiger partial charge in [0.05, 0.1) is 4.90 Å².